The summed E-state index contributed by atoms with van der Waals surface area (Å²) < 4.78 is 0. The number of thioether (sulfide) groups is 1. The number of fused-ring (bicyclic) bond motifs is 1. The first-order valence-corrected chi connectivity index (χ1v) is 7.58. The highest BCUT2D eigenvalue weighted by Gasteiger charge is 2.40. The van der Waals surface area contributed by atoms with Crippen LogP contribution in [0.5, 0.6) is 0 Å². The monoisotopic (exact) mass is 319 g/mol. The largest absolute Gasteiger partial charge is 0.478 e. The van der Waals surface area contributed by atoms with E-state index in [4.69, 9.17) is 5.11 Å². The molecule has 8 heteroatoms. The van der Waals surface area contributed by atoms with E-state index in [1.165, 1.54) is 36.0 Å². The molecule has 2 heterocycles. The molecule has 0 spiro atoms. The predicted molar refractivity (Wildman–Crippen MR) is 82.0 cm³/mol. The van der Waals surface area contributed by atoms with Crippen molar-refractivity contribution in [3.63, 3.8) is 0 Å². The van der Waals surface area contributed by atoms with Crippen molar-refractivity contribution in [2.75, 3.05) is 18.4 Å². The maximum Gasteiger partial charge on any atom is 0.335 e. The fourth-order valence-electron chi connectivity index (χ4n) is 2.29. The second kappa shape index (κ2) is 5.80. The van der Waals surface area contributed by atoms with Crippen LogP contribution in [0.25, 0.3) is 0 Å². The van der Waals surface area contributed by atoms with Crippen LogP contribution in [0, 0.1) is 0 Å². The lowest BCUT2D eigenvalue weighted by Gasteiger charge is -2.10. The van der Waals surface area contributed by atoms with Gasteiger partial charge < -0.3 is 10.4 Å². The Bertz CT molecular complexity index is 671. The van der Waals surface area contributed by atoms with E-state index in [9.17, 15) is 14.4 Å². The second-order valence-corrected chi connectivity index (χ2v) is 6.07. The number of aromatic carboxylic acids is 1. The van der Waals surface area contributed by atoms with Crippen LogP contribution in [0.2, 0.25) is 0 Å². The van der Waals surface area contributed by atoms with Crippen molar-refractivity contribution in [1.29, 1.82) is 0 Å². The molecule has 2 aliphatic rings. The van der Waals surface area contributed by atoms with Crippen LogP contribution < -0.4 is 5.32 Å². The van der Waals surface area contributed by atoms with Crippen molar-refractivity contribution in [3.05, 3.63) is 29.8 Å². The van der Waals surface area contributed by atoms with Gasteiger partial charge in [-0.15, -0.1) is 0 Å². The summed E-state index contributed by atoms with van der Waals surface area (Å²) >= 11 is 1.32. The van der Waals surface area contributed by atoms with E-state index in [2.05, 4.69) is 10.3 Å². The van der Waals surface area contributed by atoms with Crippen LogP contribution in [0.15, 0.2) is 29.3 Å². The molecule has 3 rings (SSSR count). The van der Waals surface area contributed by atoms with E-state index in [0.717, 1.165) is 0 Å². The number of nitrogens with one attached hydrogen (secondary N) is 1. The Morgan fingerprint density at radius 2 is 2.09 bits per heavy atom. The molecule has 0 saturated carbocycles. The summed E-state index contributed by atoms with van der Waals surface area (Å²) in [4.78, 5) is 40.7. The number of amides is 2. The Morgan fingerprint density at radius 1 is 1.36 bits per heavy atom. The predicted octanol–water partition coefficient (Wildman–Crippen LogP) is 1.03. The summed E-state index contributed by atoms with van der Waals surface area (Å²) in [5.41, 5.74) is 0.654. The number of nitrogens with zero attached hydrogens (tertiary/aromatic N) is 2. The fraction of sp³-hybridized carbons (Fsp3) is 0.286. The summed E-state index contributed by atoms with van der Waals surface area (Å²) in [6, 6.07) is 5.87. The summed E-state index contributed by atoms with van der Waals surface area (Å²) in [5, 5.41) is 11.7. The topological polar surface area (TPSA) is 99.1 Å². The van der Waals surface area contributed by atoms with E-state index < -0.39 is 11.2 Å². The number of benzene rings is 1. The van der Waals surface area contributed by atoms with Crippen molar-refractivity contribution >= 4 is 40.4 Å². The zero-order valence-electron chi connectivity index (χ0n) is 11.5. The lowest BCUT2D eigenvalue weighted by atomic mass is 10.2. The first-order chi connectivity index (χ1) is 10.5. The summed E-state index contributed by atoms with van der Waals surface area (Å²) in [5.74, 6) is -1.37. The molecule has 0 aliphatic carbocycles. The molecule has 1 saturated heterocycles. The number of carboxylic acid groups (broad SMARTS) is 1. The normalized spacial score (nSPS) is 19.8. The van der Waals surface area contributed by atoms with E-state index in [1.807, 2.05) is 0 Å². The average Bonchev–Trinajstić information content (AvgIpc) is 3.04. The molecule has 2 N–H and O–H groups in total. The van der Waals surface area contributed by atoms with Gasteiger partial charge in [0.15, 0.2) is 5.17 Å². The molecular weight excluding hydrogens is 306 g/mol. The summed E-state index contributed by atoms with van der Waals surface area (Å²) in [6.45, 7) is 1.22. The maximum absolute atomic E-state index is 12.1. The summed E-state index contributed by atoms with van der Waals surface area (Å²) in [7, 11) is 0. The number of aliphatic imine (C=N–C) groups is 1. The number of anilines is 1. The van der Waals surface area contributed by atoms with Crippen LogP contribution in [-0.2, 0) is 9.59 Å². The van der Waals surface area contributed by atoms with E-state index in [0.29, 0.717) is 23.9 Å². The minimum Gasteiger partial charge on any atom is -0.478 e. The Labute approximate surface area is 130 Å². The van der Waals surface area contributed by atoms with Crippen LogP contribution in [0.4, 0.5) is 5.69 Å². The lowest BCUT2D eigenvalue weighted by Crippen LogP contribution is -2.32. The second-order valence-electron chi connectivity index (χ2n) is 4.90. The zero-order valence-corrected chi connectivity index (χ0v) is 12.3. The molecule has 0 aromatic heterocycles. The molecule has 1 atom stereocenters. The maximum atomic E-state index is 12.1. The highest BCUT2D eigenvalue weighted by Crippen LogP contribution is 2.31. The number of carbonyl (C=O) groups is 3. The van der Waals surface area contributed by atoms with Crippen LogP contribution >= 0.6 is 11.8 Å². The Morgan fingerprint density at radius 3 is 2.73 bits per heavy atom. The molecule has 7 nitrogen and oxygen atoms in total. The quantitative estimate of drug-likeness (QED) is 0.863. The fourth-order valence-corrected chi connectivity index (χ4v) is 3.48. The van der Waals surface area contributed by atoms with E-state index >= 15 is 0 Å². The molecule has 1 fully saturated rings. The Hall–Kier alpha value is -2.35. The number of hydrogen-bond donors (Lipinski definition) is 2. The van der Waals surface area contributed by atoms with Gasteiger partial charge in [-0.25, -0.2) is 4.79 Å². The minimum atomic E-state index is -1.02. The summed E-state index contributed by atoms with van der Waals surface area (Å²) in [6.07, 6.45) is 0.0691. The number of carbonyl (C=O) groups excluding carboxylic acids is 2. The van der Waals surface area contributed by atoms with Gasteiger partial charge >= 0.3 is 5.97 Å². The van der Waals surface area contributed by atoms with Gasteiger partial charge in [-0.3, -0.25) is 19.5 Å². The SMILES string of the molecule is O=C(C[C@@H]1SC2=NCCN2C1=O)Nc1ccc(C(=O)O)cc1. The molecule has 0 bridgehead atoms. The van der Waals surface area contributed by atoms with Gasteiger partial charge in [-0.1, -0.05) is 11.8 Å². The van der Waals surface area contributed by atoms with Crippen molar-refractivity contribution in [3.8, 4) is 0 Å². The van der Waals surface area contributed by atoms with Crippen LogP contribution in [0.1, 0.15) is 16.8 Å². The van der Waals surface area contributed by atoms with Gasteiger partial charge in [-0.05, 0) is 24.3 Å². The molecule has 1 aromatic rings. The minimum absolute atomic E-state index is 0.0691. The third kappa shape index (κ3) is 2.82. The smallest absolute Gasteiger partial charge is 0.335 e. The van der Waals surface area contributed by atoms with Gasteiger partial charge in [0, 0.05) is 18.7 Å². The van der Waals surface area contributed by atoms with E-state index in [-0.39, 0.29) is 23.8 Å². The number of carboxylic acids is 1. The first-order valence-electron chi connectivity index (χ1n) is 6.70. The van der Waals surface area contributed by atoms with Crippen LogP contribution in [-0.4, -0.2) is 51.3 Å². The van der Waals surface area contributed by atoms with Gasteiger partial charge in [0.05, 0.1) is 12.1 Å². The average molecular weight is 319 g/mol. The molecule has 22 heavy (non-hydrogen) atoms. The molecule has 0 unspecified atom stereocenters. The zero-order chi connectivity index (χ0) is 15.7. The third-order valence-corrected chi connectivity index (χ3v) is 4.59. The molecule has 2 amide bonds. The van der Waals surface area contributed by atoms with Crippen molar-refractivity contribution in [2.45, 2.75) is 11.7 Å². The van der Waals surface area contributed by atoms with Crippen molar-refractivity contribution < 1.29 is 19.5 Å². The number of amidine groups is 1. The standard InChI is InChI=1S/C14H13N3O4S/c18-11(16-9-3-1-8(2-4-9)13(20)21)7-10-12(19)17-6-5-15-14(17)22-10/h1-4,10H,5-7H2,(H,16,18)(H,20,21)/t10-/m0/s1. The number of rotatable bonds is 4. The molecular formula is C14H13N3O4S. The highest BCUT2D eigenvalue weighted by molar-refractivity contribution is 8.15. The van der Waals surface area contributed by atoms with Gasteiger partial charge in [0.2, 0.25) is 11.8 Å². The van der Waals surface area contributed by atoms with Crippen molar-refractivity contribution in [2.24, 2.45) is 4.99 Å². The van der Waals surface area contributed by atoms with Gasteiger partial charge in [0.1, 0.15) is 5.25 Å². The lowest BCUT2D eigenvalue weighted by molar-refractivity contribution is -0.127. The van der Waals surface area contributed by atoms with E-state index in [1.54, 1.807) is 4.90 Å². The Kier molecular flexibility index (Phi) is 3.84. The molecule has 2 aliphatic heterocycles. The van der Waals surface area contributed by atoms with Gasteiger partial charge in [0.25, 0.3) is 0 Å². The van der Waals surface area contributed by atoms with Crippen LogP contribution in [0.3, 0.4) is 0 Å². The number of hydrogen-bond acceptors (Lipinski definition) is 5. The first kappa shape index (κ1) is 14.6. The highest BCUT2D eigenvalue weighted by atomic mass is 32.2. The third-order valence-electron chi connectivity index (χ3n) is 3.38. The van der Waals surface area contributed by atoms with Gasteiger partial charge in [-0.2, -0.15) is 0 Å². The molecule has 1 aromatic carbocycles. The Balaban J connectivity index is 1.59. The molecule has 114 valence electrons. The molecule has 0 radical (unpaired) electrons. The van der Waals surface area contributed by atoms with Crippen molar-refractivity contribution in [1.82, 2.24) is 4.90 Å².